The Morgan fingerprint density at radius 3 is 2.96 bits per heavy atom. The average Bonchev–Trinajstić information content (AvgIpc) is 2.61. The molecule has 1 N–H and O–H groups in total. The van der Waals surface area contributed by atoms with Gasteiger partial charge < -0.3 is 10.2 Å². The Morgan fingerprint density at radius 2 is 2.17 bits per heavy atom. The molecule has 1 saturated heterocycles. The van der Waals surface area contributed by atoms with Crippen LogP contribution in [0.3, 0.4) is 0 Å². The van der Waals surface area contributed by atoms with Gasteiger partial charge in [0, 0.05) is 36.4 Å². The Kier molecular flexibility index (Phi) is 4.79. The Balaban J connectivity index is 1.94. The molecule has 1 aliphatic heterocycles. The quantitative estimate of drug-likeness (QED) is 0.943. The van der Waals surface area contributed by atoms with Gasteiger partial charge in [-0.25, -0.2) is 0 Å². The van der Waals surface area contributed by atoms with Crippen LogP contribution in [-0.4, -0.2) is 30.5 Å². The molecule has 0 aliphatic carbocycles. The molecule has 1 aliphatic rings. The fraction of sp³-hybridized carbons (Fsp3) is 0.474. The van der Waals surface area contributed by atoms with Crippen molar-refractivity contribution in [1.29, 1.82) is 0 Å². The van der Waals surface area contributed by atoms with E-state index in [-0.39, 0.29) is 11.8 Å². The molecule has 1 fully saturated rings. The van der Waals surface area contributed by atoms with E-state index in [9.17, 15) is 4.79 Å². The molecule has 1 aromatic heterocycles. The fourth-order valence-electron chi connectivity index (χ4n) is 3.38. The summed E-state index contributed by atoms with van der Waals surface area (Å²) in [6.07, 6.45) is 2.96. The normalized spacial score (nSPS) is 18.2. The van der Waals surface area contributed by atoms with Crippen molar-refractivity contribution in [3.8, 4) is 0 Å². The second-order valence-electron chi connectivity index (χ2n) is 6.18. The van der Waals surface area contributed by atoms with Crippen LogP contribution in [0, 0.1) is 5.92 Å². The monoisotopic (exact) mass is 311 g/mol. The Hall–Kier alpha value is -2.10. The van der Waals surface area contributed by atoms with Crippen molar-refractivity contribution in [2.75, 3.05) is 24.5 Å². The van der Waals surface area contributed by atoms with E-state index in [1.54, 1.807) is 0 Å². The van der Waals surface area contributed by atoms with Crippen molar-refractivity contribution in [2.45, 2.75) is 33.1 Å². The van der Waals surface area contributed by atoms with Crippen LogP contribution in [0.1, 0.15) is 32.4 Å². The molecule has 2 heterocycles. The lowest BCUT2D eigenvalue weighted by Crippen LogP contribution is -2.43. The lowest BCUT2D eigenvalue weighted by Gasteiger charge is -2.34. The molecule has 122 valence electrons. The zero-order valence-electron chi connectivity index (χ0n) is 14.0. The van der Waals surface area contributed by atoms with Crippen LogP contribution >= 0.6 is 0 Å². The van der Waals surface area contributed by atoms with Crippen LogP contribution in [0.15, 0.2) is 30.3 Å². The van der Waals surface area contributed by atoms with Crippen LogP contribution in [0.5, 0.6) is 0 Å². The molecule has 23 heavy (non-hydrogen) atoms. The van der Waals surface area contributed by atoms with E-state index in [0.717, 1.165) is 43.6 Å². The SMILES string of the molecule is CCNC(=O)C1CCCN(c2cc(CC)nc3ccccc23)C1. The van der Waals surface area contributed by atoms with Gasteiger partial charge in [-0.2, -0.15) is 0 Å². The summed E-state index contributed by atoms with van der Waals surface area (Å²) in [7, 11) is 0. The van der Waals surface area contributed by atoms with E-state index in [2.05, 4.69) is 41.4 Å². The summed E-state index contributed by atoms with van der Waals surface area (Å²) in [5, 5.41) is 4.15. The minimum atomic E-state index is 0.0840. The molecule has 3 rings (SSSR count). The third-order valence-electron chi connectivity index (χ3n) is 4.59. The number of fused-ring (bicyclic) bond motifs is 1. The summed E-state index contributed by atoms with van der Waals surface area (Å²) in [5.74, 6) is 0.270. The molecule has 0 saturated carbocycles. The number of amides is 1. The van der Waals surface area contributed by atoms with Crippen LogP contribution in [0.2, 0.25) is 0 Å². The van der Waals surface area contributed by atoms with E-state index in [1.807, 2.05) is 13.0 Å². The molecule has 0 radical (unpaired) electrons. The summed E-state index contributed by atoms with van der Waals surface area (Å²) in [6, 6.07) is 10.5. The highest BCUT2D eigenvalue weighted by molar-refractivity contribution is 5.92. The Labute approximate surface area is 137 Å². The average molecular weight is 311 g/mol. The number of benzene rings is 1. The molecule has 1 aromatic carbocycles. The molecule has 1 atom stereocenters. The van der Waals surface area contributed by atoms with E-state index in [1.165, 1.54) is 11.1 Å². The van der Waals surface area contributed by atoms with Gasteiger partial charge in [-0.3, -0.25) is 9.78 Å². The molecule has 1 unspecified atom stereocenters. The smallest absolute Gasteiger partial charge is 0.224 e. The standard InChI is InChI=1S/C19H25N3O/c1-3-15-12-18(16-9-5-6-10-17(16)21-15)22-11-7-8-14(13-22)19(23)20-4-2/h5-6,9-10,12,14H,3-4,7-8,11,13H2,1-2H3,(H,20,23). The van der Waals surface area contributed by atoms with Crippen LogP contribution < -0.4 is 10.2 Å². The maximum atomic E-state index is 12.2. The molecule has 4 nitrogen and oxygen atoms in total. The van der Waals surface area contributed by atoms with Crippen molar-refractivity contribution in [3.05, 3.63) is 36.0 Å². The van der Waals surface area contributed by atoms with Gasteiger partial charge >= 0.3 is 0 Å². The highest BCUT2D eigenvalue weighted by Crippen LogP contribution is 2.30. The maximum absolute atomic E-state index is 12.2. The Bertz CT molecular complexity index is 698. The van der Waals surface area contributed by atoms with Gasteiger partial charge in [0.2, 0.25) is 5.91 Å². The summed E-state index contributed by atoms with van der Waals surface area (Å²) >= 11 is 0. The maximum Gasteiger partial charge on any atom is 0.224 e. The Morgan fingerprint density at radius 1 is 1.35 bits per heavy atom. The lowest BCUT2D eigenvalue weighted by atomic mass is 9.96. The van der Waals surface area contributed by atoms with E-state index >= 15 is 0 Å². The number of hydrogen-bond acceptors (Lipinski definition) is 3. The highest BCUT2D eigenvalue weighted by atomic mass is 16.1. The molecule has 2 aromatic rings. The van der Waals surface area contributed by atoms with Crippen molar-refractivity contribution in [1.82, 2.24) is 10.3 Å². The van der Waals surface area contributed by atoms with Crippen LogP contribution in [0.25, 0.3) is 10.9 Å². The first-order chi connectivity index (χ1) is 11.2. The van der Waals surface area contributed by atoms with Gasteiger partial charge in [0.25, 0.3) is 0 Å². The number of hydrogen-bond donors (Lipinski definition) is 1. The van der Waals surface area contributed by atoms with Crippen LogP contribution in [-0.2, 0) is 11.2 Å². The van der Waals surface area contributed by atoms with E-state index in [0.29, 0.717) is 6.54 Å². The molecular weight excluding hydrogens is 286 g/mol. The predicted octanol–water partition coefficient (Wildman–Crippen LogP) is 3.15. The van der Waals surface area contributed by atoms with Gasteiger partial charge in [-0.15, -0.1) is 0 Å². The molecule has 0 bridgehead atoms. The lowest BCUT2D eigenvalue weighted by molar-refractivity contribution is -0.125. The number of aromatic nitrogens is 1. The zero-order chi connectivity index (χ0) is 16.2. The number of rotatable bonds is 4. The number of nitrogens with one attached hydrogen (secondary N) is 1. The van der Waals surface area contributed by atoms with Gasteiger partial charge in [-0.05, 0) is 38.3 Å². The number of para-hydroxylation sites is 1. The second kappa shape index (κ2) is 6.99. The molecular formula is C19H25N3O. The first kappa shape index (κ1) is 15.8. The van der Waals surface area contributed by atoms with Crippen molar-refractivity contribution >= 4 is 22.5 Å². The molecule has 1 amide bonds. The number of carbonyl (C=O) groups excluding carboxylic acids is 1. The summed E-state index contributed by atoms with van der Waals surface area (Å²) in [4.78, 5) is 19.3. The van der Waals surface area contributed by atoms with Crippen molar-refractivity contribution < 1.29 is 4.79 Å². The van der Waals surface area contributed by atoms with Crippen LogP contribution in [0.4, 0.5) is 5.69 Å². The number of aryl methyl sites for hydroxylation is 1. The number of anilines is 1. The van der Waals surface area contributed by atoms with Gasteiger partial charge in [0.1, 0.15) is 0 Å². The third kappa shape index (κ3) is 3.31. The largest absolute Gasteiger partial charge is 0.370 e. The highest BCUT2D eigenvalue weighted by Gasteiger charge is 2.26. The zero-order valence-corrected chi connectivity index (χ0v) is 14.0. The first-order valence-electron chi connectivity index (χ1n) is 8.64. The van der Waals surface area contributed by atoms with E-state index in [4.69, 9.17) is 4.98 Å². The summed E-state index contributed by atoms with van der Waals surface area (Å²) in [5.41, 5.74) is 3.38. The number of carbonyl (C=O) groups is 1. The molecule has 0 spiro atoms. The number of piperidine rings is 1. The topological polar surface area (TPSA) is 45.2 Å². The first-order valence-corrected chi connectivity index (χ1v) is 8.64. The fourth-order valence-corrected chi connectivity index (χ4v) is 3.38. The summed E-state index contributed by atoms with van der Waals surface area (Å²) < 4.78 is 0. The van der Waals surface area contributed by atoms with Crippen molar-refractivity contribution in [2.24, 2.45) is 5.92 Å². The number of nitrogens with zero attached hydrogens (tertiary/aromatic N) is 2. The number of pyridine rings is 1. The van der Waals surface area contributed by atoms with Gasteiger partial charge in [-0.1, -0.05) is 25.1 Å². The second-order valence-corrected chi connectivity index (χ2v) is 6.18. The van der Waals surface area contributed by atoms with Gasteiger partial charge in [0.15, 0.2) is 0 Å². The third-order valence-corrected chi connectivity index (χ3v) is 4.59. The van der Waals surface area contributed by atoms with Gasteiger partial charge in [0.05, 0.1) is 11.4 Å². The van der Waals surface area contributed by atoms with E-state index < -0.39 is 0 Å². The predicted molar refractivity (Wildman–Crippen MR) is 94.7 cm³/mol. The minimum absolute atomic E-state index is 0.0840. The summed E-state index contributed by atoms with van der Waals surface area (Å²) in [6.45, 7) is 6.61. The molecule has 4 heteroatoms. The van der Waals surface area contributed by atoms with Crippen molar-refractivity contribution in [3.63, 3.8) is 0 Å². The minimum Gasteiger partial charge on any atom is -0.370 e.